The molecule has 0 spiro atoms. The Morgan fingerprint density at radius 1 is 1.08 bits per heavy atom. The fourth-order valence-corrected chi connectivity index (χ4v) is 2.90. The summed E-state index contributed by atoms with van der Waals surface area (Å²) in [6.45, 7) is 1.78. The number of halogens is 1. The molecule has 2 heterocycles. The molecular formula is C18H17FN4O. The van der Waals surface area contributed by atoms with Gasteiger partial charge in [0.05, 0.1) is 19.3 Å². The van der Waals surface area contributed by atoms with Crippen molar-refractivity contribution in [2.24, 2.45) is 0 Å². The minimum absolute atomic E-state index is 0.238. The predicted molar refractivity (Wildman–Crippen MR) is 88.0 cm³/mol. The van der Waals surface area contributed by atoms with Crippen LogP contribution in [0.15, 0.2) is 60.8 Å². The molecule has 4 rings (SSSR count). The third-order valence-corrected chi connectivity index (χ3v) is 4.08. The fraction of sp³-hybridized carbons (Fsp3) is 0.222. The average Bonchev–Trinajstić information content (AvgIpc) is 3.27. The van der Waals surface area contributed by atoms with Crippen LogP contribution in [0.4, 0.5) is 10.1 Å². The van der Waals surface area contributed by atoms with Crippen molar-refractivity contribution in [3.05, 3.63) is 77.9 Å². The molecule has 1 aliphatic rings. The second kappa shape index (κ2) is 6.41. The molecule has 122 valence electrons. The molecule has 0 amide bonds. The topological polar surface area (TPSA) is 43.2 Å². The first-order valence-electron chi connectivity index (χ1n) is 7.88. The summed E-state index contributed by atoms with van der Waals surface area (Å²) < 4.78 is 21.2. The molecule has 1 aromatic heterocycles. The van der Waals surface area contributed by atoms with Crippen molar-refractivity contribution in [2.75, 3.05) is 18.1 Å². The Morgan fingerprint density at radius 2 is 1.88 bits per heavy atom. The molecule has 1 unspecified atom stereocenters. The highest BCUT2D eigenvalue weighted by Gasteiger charge is 2.29. The smallest absolute Gasteiger partial charge is 0.177 e. The first kappa shape index (κ1) is 14.8. The van der Waals surface area contributed by atoms with Crippen molar-refractivity contribution >= 4 is 5.69 Å². The maximum atomic E-state index is 13.8. The molecular weight excluding hydrogens is 307 g/mol. The van der Waals surface area contributed by atoms with Crippen molar-refractivity contribution in [3.63, 3.8) is 0 Å². The molecule has 6 heteroatoms. The van der Waals surface area contributed by atoms with Crippen LogP contribution in [0.2, 0.25) is 0 Å². The van der Waals surface area contributed by atoms with Crippen LogP contribution in [0.3, 0.4) is 0 Å². The van der Waals surface area contributed by atoms with Gasteiger partial charge in [0.25, 0.3) is 0 Å². The van der Waals surface area contributed by atoms with Gasteiger partial charge in [-0.3, -0.25) is 0 Å². The number of ether oxygens (including phenoxy) is 1. The third-order valence-electron chi connectivity index (χ3n) is 4.08. The molecule has 0 bridgehead atoms. The summed E-state index contributed by atoms with van der Waals surface area (Å²) >= 11 is 0. The Labute approximate surface area is 139 Å². The lowest BCUT2D eigenvalue weighted by molar-refractivity contribution is 0.110. The van der Waals surface area contributed by atoms with E-state index in [1.807, 2.05) is 42.6 Å². The SMILES string of the molecule is Fc1ccccc1Cn1cc(C2OCCN2c2ccccc2)nn1. The minimum atomic E-state index is -0.262. The van der Waals surface area contributed by atoms with Crippen molar-refractivity contribution in [2.45, 2.75) is 12.8 Å². The quantitative estimate of drug-likeness (QED) is 0.740. The average molecular weight is 324 g/mol. The Hall–Kier alpha value is -2.73. The van der Waals surface area contributed by atoms with Gasteiger partial charge in [0.15, 0.2) is 6.23 Å². The van der Waals surface area contributed by atoms with Crippen LogP contribution < -0.4 is 4.90 Å². The predicted octanol–water partition coefficient (Wildman–Crippen LogP) is 3.00. The minimum Gasteiger partial charge on any atom is -0.350 e. The van der Waals surface area contributed by atoms with E-state index in [1.54, 1.807) is 16.8 Å². The van der Waals surface area contributed by atoms with E-state index in [-0.39, 0.29) is 12.0 Å². The fourth-order valence-electron chi connectivity index (χ4n) is 2.90. The molecule has 1 saturated heterocycles. The highest BCUT2D eigenvalue weighted by molar-refractivity contribution is 5.48. The van der Waals surface area contributed by atoms with Crippen molar-refractivity contribution in [1.82, 2.24) is 15.0 Å². The van der Waals surface area contributed by atoms with E-state index in [0.29, 0.717) is 18.7 Å². The van der Waals surface area contributed by atoms with E-state index in [4.69, 9.17) is 4.74 Å². The van der Waals surface area contributed by atoms with E-state index in [0.717, 1.165) is 17.9 Å². The number of nitrogens with zero attached hydrogens (tertiary/aromatic N) is 4. The molecule has 1 fully saturated rings. The Balaban J connectivity index is 1.55. The van der Waals surface area contributed by atoms with Crippen LogP contribution in [-0.4, -0.2) is 28.1 Å². The van der Waals surface area contributed by atoms with E-state index in [2.05, 4.69) is 15.2 Å². The van der Waals surface area contributed by atoms with Gasteiger partial charge in [-0.1, -0.05) is 41.6 Å². The molecule has 0 aliphatic carbocycles. The molecule has 0 N–H and O–H groups in total. The number of hydrogen-bond donors (Lipinski definition) is 0. The van der Waals surface area contributed by atoms with Crippen molar-refractivity contribution in [3.8, 4) is 0 Å². The summed E-state index contributed by atoms with van der Waals surface area (Å²) in [6.07, 6.45) is 1.56. The van der Waals surface area contributed by atoms with Crippen molar-refractivity contribution < 1.29 is 9.13 Å². The highest BCUT2D eigenvalue weighted by atomic mass is 19.1. The largest absolute Gasteiger partial charge is 0.350 e. The number of benzene rings is 2. The van der Waals surface area contributed by atoms with Gasteiger partial charge in [0.2, 0.25) is 0 Å². The van der Waals surface area contributed by atoms with Crippen LogP contribution in [0.25, 0.3) is 0 Å². The third kappa shape index (κ3) is 2.88. The maximum absolute atomic E-state index is 13.8. The molecule has 1 atom stereocenters. The lowest BCUT2D eigenvalue weighted by Gasteiger charge is -2.23. The molecule has 0 saturated carbocycles. The summed E-state index contributed by atoms with van der Waals surface area (Å²) in [5, 5.41) is 8.34. The van der Waals surface area contributed by atoms with E-state index >= 15 is 0 Å². The van der Waals surface area contributed by atoms with Gasteiger partial charge in [-0.25, -0.2) is 9.07 Å². The summed E-state index contributed by atoms with van der Waals surface area (Å²) in [5.41, 5.74) is 2.40. The molecule has 3 aromatic rings. The summed E-state index contributed by atoms with van der Waals surface area (Å²) in [4.78, 5) is 2.15. The van der Waals surface area contributed by atoms with Crippen LogP contribution in [-0.2, 0) is 11.3 Å². The van der Waals surface area contributed by atoms with Crippen LogP contribution in [0.1, 0.15) is 17.5 Å². The van der Waals surface area contributed by atoms with E-state index < -0.39 is 0 Å². The number of para-hydroxylation sites is 1. The number of aromatic nitrogens is 3. The van der Waals surface area contributed by atoms with Crippen LogP contribution in [0, 0.1) is 5.82 Å². The van der Waals surface area contributed by atoms with E-state index in [1.165, 1.54) is 6.07 Å². The molecule has 0 radical (unpaired) electrons. The number of rotatable bonds is 4. The van der Waals surface area contributed by atoms with Gasteiger partial charge in [-0.15, -0.1) is 5.10 Å². The lowest BCUT2D eigenvalue weighted by Crippen LogP contribution is -2.23. The summed E-state index contributed by atoms with van der Waals surface area (Å²) in [5.74, 6) is -0.238. The Bertz CT molecular complexity index is 821. The number of hydrogen-bond acceptors (Lipinski definition) is 4. The van der Waals surface area contributed by atoms with Gasteiger partial charge < -0.3 is 9.64 Å². The second-order valence-electron chi connectivity index (χ2n) is 5.68. The van der Waals surface area contributed by atoms with Gasteiger partial charge in [-0.05, 0) is 18.2 Å². The Morgan fingerprint density at radius 3 is 2.71 bits per heavy atom. The first-order chi connectivity index (χ1) is 11.8. The van der Waals surface area contributed by atoms with Crippen molar-refractivity contribution in [1.29, 1.82) is 0 Å². The maximum Gasteiger partial charge on any atom is 0.177 e. The molecule has 2 aromatic carbocycles. The first-order valence-corrected chi connectivity index (χ1v) is 7.88. The second-order valence-corrected chi connectivity index (χ2v) is 5.68. The van der Waals surface area contributed by atoms with E-state index in [9.17, 15) is 4.39 Å². The summed E-state index contributed by atoms with van der Waals surface area (Å²) in [7, 11) is 0. The zero-order valence-corrected chi connectivity index (χ0v) is 13.0. The molecule has 1 aliphatic heterocycles. The summed E-state index contributed by atoms with van der Waals surface area (Å²) in [6, 6.07) is 16.8. The standard InChI is InChI=1S/C18H17FN4O/c19-16-9-5-4-6-14(16)12-22-13-17(20-21-22)18-23(10-11-24-18)15-7-2-1-3-8-15/h1-9,13,18H,10-12H2. The molecule has 5 nitrogen and oxygen atoms in total. The monoisotopic (exact) mass is 324 g/mol. The lowest BCUT2D eigenvalue weighted by atomic mass is 10.2. The Kier molecular flexibility index (Phi) is 3.96. The van der Waals surface area contributed by atoms with Gasteiger partial charge in [0, 0.05) is 17.8 Å². The van der Waals surface area contributed by atoms with Crippen LogP contribution in [0.5, 0.6) is 0 Å². The van der Waals surface area contributed by atoms with Gasteiger partial charge in [0.1, 0.15) is 11.5 Å². The van der Waals surface area contributed by atoms with Gasteiger partial charge >= 0.3 is 0 Å². The molecule has 24 heavy (non-hydrogen) atoms. The van der Waals surface area contributed by atoms with Gasteiger partial charge in [-0.2, -0.15) is 0 Å². The number of anilines is 1. The van der Waals surface area contributed by atoms with Crippen LogP contribution >= 0.6 is 0 Å². The zero-order chi connectivity index (χ0) is 16.4. The zero-order valence-electron chi connectivity index (χ0n) is 13.0. The highest BCUT2D eigenvalue weighted by Crippen LogP contribution is 2.30. The normalized spacial score (nSPS) is 17.4.